The molecule has 0 aliphatic heterocycles. The van der Waals surface area contributed by atoms with Crippen molar-refractivity contribution < 1.29 is 13.2 Å². The van der Waals surface area contributed by atoms with Gasteiger partial charge in [0.2, 0.25) is 5.82 Å². The van der Waals surface area contributed by atoms with Crippen LogP contribution in [0.25, 0.3) is 11.1 Å². The van der Waals surface area contributed by atoms with Crippen LogP contribution < -0.4 is 0 Å². The van der Waals surface area contributed by atoms with Crippen molar-refractivity contribution in [2.45, 2.75) is 13.1 Å². The van der Waals surface area contributed by atoms with Gasteiger partial charge in [-0.1, -0.05) is 0 Å². The number of hydrogen-bond acceptors (Lipinski definition) is 3. The molecule has 0 aliphatic rings. The first kappa shape index (κ1) is 11.5. The summed E-state index contributed by atoms with van der Waals surface area (Å²) in [4.78, 5) is 10.6. The second kappa shape index (κ2) is 4.12. The minimum absolute atomic E-state index is 0.531. The molecular formula is C11H8F3N3. The van der Waals surface area contributed by atoms with Crippen LogP contribution >= 0.6 is 0 Å². The maximum Gasteiger partial charge on any atom is 0.451 e. The Kier molecular flexibility index (Phi) is 2.79. The first-order chi connectivity index (χ1) is 7.97. The highest BCUT2D eigenvalue weighted by molar-refractivity contribution is 5.61. The molecule has 0 aliphatic carbocycles. The fourth-order valence-electron chi connectivity index (χ4n) is 1.35. The normalized spacial score (nSPS) is 11.5. The Balaban J connectivity index is 2.36. The lowest BCUT2D eigenvalue weighted by Gasteiger charge is -2.05. The lowest BCUT2D eigenvalue weighted by Crippen LogP contribution is -2.10. The van der Waals surface area contributed by atoms with Crippen LogP contribution in [0.5, 0.6) is 0 Å². The van der Waals surface area contributed by atoms with E-state index >= 15 is 0 Å². The van der Waals surface area contributed by atoms with Gasteiger partial charge in [0.15, 0.2) is 0 Å². The van der Waals surface area contributed by atoms with Crippen LogP contribution in [0.15, 0.2) is 30.7 Å². The second-order valence-corrected chi connectivity index (χ2v) is 3.48. The Morgan fingerprint density at radius 3 is 2.18 bits per heavy atom. The molecule has 0 spiro atoms. The van der Waals surface area contributed by atoms with Crippen molar-refractivity contribution in [1.29, 1.82) is 0 Å². The van der Waals surface area contributed by atoms with Gasteiger partial charge in [0.25, 0.3) is 0 Å². The third kappa shape index (κ3) is 2.58. The quantitative estimate of drug-likeness (QED) is 0.768. The predicted molar refractivity (Wildman–Crippen MR) is 55.0 cm³/mol. The summed E-state index contributed by atoms with van der Waals surface area (Å²) in [5.41, 5.74) is 2.05. The fourth-order valence-corrected chi connectivity index (χ4v) is 1.35. The van der Waals surface area contributed by atoms with E-state index in [2.05, 4.69) is 15.0 Å². The van der Waals surface area contributed by atoms with Gasteiger partial charge >= 0.3 is 6.18 Å². The van der Waals surface area contributed by atoms with E-state index in [-0.39, 0.29) is 0 Å². The molecule has 2 heterocycles. The van der Waals surface area contributed by atoms with Crippen molar-refractivity contribution in [3.8, 4) is 11.1 Å². The first-order valence-electron chi connectivity index (χ1n) is 4.79. The third-order valence-electron chi connectivity index (χ3n) is 2.14. The van der Waals surface area contributed by atoms with Gasteiger partial charge in [-0.3, -0.25) is 4.98 Å². The zero-order chi connectivity index (χ0) is 12.5. The lowest BCUT2D eigenvalue weighted by atomic mass is 10.1. The van der Waals surface area contributed by atoms with Gasteiger partial charge in [-0.2, -0.15) is 13.2 Å². The minimum Gasteiger partial charge on any atom is -0.262 e. The number of aromatic nitrogens is 3. The van der Waals surface area contributed by atoms with Gasteiger partial charge in [0.1, 0.15) is 0 Å². The van der Waals surface area contributed by atoms with Crippen molar-refractivity contribution in [3.63, 3.8) is 0 Å². The van der Waals surface area contributed by atoms with Gasteiger partial charge in [0.05, 0.1) is 0 Å². The topological polar surface area (TPSA) is 38.7 Å². The Labute approximate surface area is 95.4 Å². The molecule has 0 radical (unpaired) electrons. The fraction of sp³-hybridized carbons (Fsp3) is 0.182. The maximum absolute atomic E-state index is 12.3. The number of halogens is 3. The molecule has 3 nitrogen and oxygen atoms in total. The summed E-state index contributed by atoms with van der Waals surface area (Å²) >= 11 is 0. The summed E-state index contributed by atoms with van der Waals surface area (Å²) in [6.07, 6.45) is -0.607. The Bertz CT molecular complexity index is 520. The van der Waals surface area contributed by atoms with E-state index in [1.165, 1.54) is 0 Å². The van der Waals surface area contributed by atoms with Crippen LogP contribution in [-0.4, -0.2) is 15.0 Å². The molecule has 0 atom stereocenters. The SMILES string of the molecule is Cc1cc(-c2cnc(C(F)(F)F)nc2)ccn1. The van der Waals surface area contributed by atoms with E-state index in [9.17, 15) is 13.2 Å². The maximum atomic E-state index is 12.3. The highest BCUT2D eigenvalue weighted by Gasteiger charge is 2.34. The zero-order valence-electron chi connectivity index (χ0n) is 8.86. The van der Waals surface area contributed by atoms with Gasteiger partial charge in [-0.25, -0.2) is 9.97 Å². The molecule has 0 N–H and O–H groups in total. The van der Waals surface area contributed by atoms with E-state index < -0.39 is 12.0 Å². The molecular weight excluding hydrogens is 231 g/mol. The van der Waals surface area contributed by atoms with Gasteiger partial charge < -0.3 is 0 Å². The summed E-state index contributed by atoms with van der Waals surface area (Å²) in [6, 6.07) is 3.45. The zero-order valence-corrected chi connectivity index (χ0v) is 8.86. The van der Waals surface area contributed by atoms with Crippen molar-refractivity contribution in [3.05, 3.63) is 42.2 Å². The highest BCUT2D eigenvalue weighted by Crippen LogP contribution is 2.26. The molecule has 0 saturated heterocycles. The highest BCUT2D eigenvalue weighted by atomic mass is 19.4. The van der Waals surface area contributed by atoms with Crippen molar-refractivity contribution >= 4 is 0 Å². The lowest BCUT2D eigenvalue weighted by molar-refractivity contribution is -0.144. The Morgan fingerprint density at radius 2 is 1.65 bits per heavy atom. The molecule has 0 aromatic carbocycles. The summed E-state index contributed by atoms with van der Waals surface area (Å²) in [5, 5.41) is 0. The molecule has 17 heavy (non-hydrogen) atoms. The Hall–Kier alpha value is -1.98. The van der Waals surface area contributed by atoms with E-state index in [4.69, 9.17) is 0 Å². The molecule has 88 valence electrons. The molecule has 6 heteroatoms. The minimum atomic E-state index is -4.51. The molecule has 0 amide bonds. The van der Waals surface area contributed by atoms with Gasteiger partial charge in [-0.05, 0) is 24.6 Å². The molecule has 2 aromatic heterocycles. The Morgan fingerprint density at radius 1 is 1.00 bits per heavy atom. The molecule has 2 rings (SSSR count). The largest absolute Gasteiger partial charge is 0.451 e. The van der Waals surface area contributed by atoms with Crippen LogP contribution in [-0.2, 0) is 6.18 Å². The van der Waals surface area contributed by atoms with E-state index in [1.807, 2.05) is 0 Å². The van der Waals surface area contributed by atoms with Crippen LogP contribution in [0, 0.1) is 6.92 Å². The first-order valence-corrected chi connectivity index (χ1v) is 4.79. The van der Waals surface area contributed by atoms with Crippen molar-refractivity contribution in [2.75, 3.05) is 0 Å². The predicted octanol–water partition coefficient (Wildman–Crippen LogP) is 2.87. The number of nitrogens with zero attached hydrogens (tertiary/aromatic N) is 3. The average Bonchev–Trinajstić information content (AvgIpc) is 2.28. The number of aryl methyl sites for hydroxylation is 1. The van der Waals surface area contributed by atoms with E-state index in [0.717, 1.165) is 23.7 Å². The van der Waals surface area contributed by atoms with Crippen LogP contribution in [0.1, 0.15) is 11.5 Å². The summed E-state index contributed by atoms with van der Waals surface area (Å²) in [6.45, 7) is 1.80. The van der Waals surface area contributed by atoms with Crippen molar-refractivity contribution in [1.82, 2.24) is 15.0 Å². The summed E-state index contributed by atoms with van der Waals surface area (Å²) in [7, 11) is 0. The molecule has 2 aromatic rings. The van der Waals surface area contributed by atoms with Gasteiger partial charge in [0, 0.05) is 29.8 Å². The smallest absolute Gasteiger partial charge is 0.262 e. The number of alkyl halides is 3. The summed E-state index contributed by atoms with van der Waals surface area (Å²) in [5.74, 6) is -1.13. The van der Waals surface area contributed by atoms with E-state index in [0.29, 0.717) is 5.56 Å². The van der Waals surface area contributed by atoms with Crippen LogP contribution in [0.3, 0.4) is 0 Å². The standard InChI is InChI=1S/C11H8F3N3/c1-7-4-8(2-3-15-7)9-5-16-10(17-6-9)11(12,13)14/h2-6H,1H3. The molecule has 0 fully saturated rings. The van der Waals surface area contributed by atoms with Crippen LogP contribution in [0.4, 0.5) is 13.2 Å². The average molecular weight is 239 g/mol. The molecule has 0 saturated carbocycles. The monoisotopic (exact) mass is 239 g/mol. The number of hydrogen-bond donors (Lipinski definition) is 0. The van der Waals surface area contributed by atoms with Gasteiger partial charge in [-0.15, -0.1) is 0 Å². The number of rotatable bonds is 1. The summed E-state index contributed by atoms with van der Waals surface area (Å²) < 4.78 is 36.8. The van der Waals surface area contributed by atoms with E-state index in [1.54, 1.807) is 25.3 Å². The molecule has 0 unspecified atom stereocenters. The second-order valence-electron chi connectivity index (χ2n) is 3.48. The van der Waals surface area contributed by atoms with Crippen LogP contribution in [0.2, 0.25) is 0 Å². The number of pyridine rings is 1. The molecule has 0 bridgehead atoms. The van der Waals surface area contributed by atoms with Crippen molar-refractivity contribution in [2.24, 2.45) is 0 Å². The third-order valence-corrected chi connectivity index (χ3v) is 2.14.